The van der Waals surface area contributed by atoms with E-state index in [1.165, 1.54) is 10.4 Å². The first-order valence-corrected chi connectivity index (χ1v) is 8.21. The van der Waals surface area contributed by atoms with Crippen molar-refractivity contribution < 1.29 is 9.59 Å². The van der Waals surface area contributed by atoms with Crippen LogP contribution >= 0.6 is 11.3 Å². The average Bonchev–Trinajstić information content (AvgIpc) is 3.01. The summed E-state index contributed by atoms with van der Waals surface area (Å²) in [4.78, 5) is 27.0. The second-order valence-electron chi connectivity index (χ2n) is 5.42. The van der Waals surface area contributed by atoms with Crippen LogP contribution in [0.5, 0.6) is 0 Å². The second-order valence-corrected chi connectivity index (χ2v) is 6.42. The van der Waals surface area contributed by atoms with Crippen LogP contribution in [0.15, 0.2) is 41.8 Å². The van der Waals surface area contributed by atoms with E-state index in [-0.39, 0.29) is 5.91 Å². The molecule has 2 aromatic rings. The fourth-order valence-corrected chi connectivity index (χ4v) is 3.61. The highest BCUT2D eigenvalue weighted by Crippen LogP contribution is 2.23. The highest BCUT2D eigenvalue weighted by molar-refractivity contribution is 7.10. The zero-order valence-corrected chi connectivity index (χ0v) is 13.0. The highest BCUT2D eigenvalue weighted by atomic mass is 32.1. The lowest BCUT2D eigenvalue weighted by molar-refractivity contribution is -0.125. The molecule has 0 radical (unpaired) electrons. The van der Waals surface area contributed by atoms with Crippen LogP contribution in [0, 0.1) is 0 Å². The molecule has 1 N–H and O–H groups in total. The van der Waals surface area contributed by atoms with Crippen LogP contribution in [-0.4, -0.2) is 30.2 Å². The van der Waals surface area contributed by atoms with Crippen molar-refractivity contribution in [2.75, 3.05) is 13.1 Å². The van der Waals surface area contributed by atoms with Crippen LogP contribution in [0.2, 0.25) is 0 Å². The number of carbonyl (C=O) groups is 2. The van der Waals surface area contributed by atoms with Gasteiger partial charge in [0.2, 0.25) is 5.91 Å². The van der Waals surface area contributed by atoms with Gasteiger partial charge >= 0.3 is 0 Å². The zero-order valence-electron chi connectivity index (χ0n) is 12.2. The van der Waals surface area contributed by atoms with Gasteiger partial charge < -0.3 is 10.1 Å². The number of thiophene rings is 1. The molecule has 1 amide bonds. The van der Waals surface area contributed by atoms with Gasteiger partial charge in [-0.05, 0) is 29.0 Å². The van der Waals surface area contributed by atoms with E-state index in [0.717, 1.165) is 31.4 Å². The molecule has 0 aliphatic carbocycles. The normalized spacial score (nSPS) is 15.8. The molecule has 1 aromatic heterocycles. The average molecular weight is 314 g/mol. The van der Waals surface area contributed by atoms with E-state index in [9.17, 15) is 9.59 Å². The van der Waals surface area contributed by atoms with Crippen LogP contribution < -0.4 is 5.32 Å². The molecule has 5 heteroatoms. The summed E-state index contributed by atoms with van der Waals surface area (Å²) in [5.41, 5.74) is 2.13. The smallest absolute Gasteiger partial charge is 0.235 e. The Morgan fingerprint density at radius 3 is 2.91 bits per heavy atom. The number of aldehydes is 1. The first-order valence-electron chi connectivity index (χ1n) is 7.33. The Balaban J connectivity index is 1.57. The third kappa shape index (κ3) is 3.43. The van der Waals surface area contributed by atoms with Crippen molar-refractivity contribution in [3.63, 3.8) is 0 Å². The molecule has 0 bridgehead atoms. The van der Waals surface area contributed by atoms with Gasteiger partial charge in [-0.1, -0.05) is 30.3 Å². The minimum absolute atomic E-state index is 0.111. The standard InChI is InChI=1S/C17H18N2O2S/c20-12-15(13-4-2-1-3-5-13)18-17(21)11-19-8-6-16-14(10-19)7-9-22-16/h1-5,7,9,12,15H,6,8,10-11H2,(H,18,21). The SMILES string of the molecule is O=CC(NC(=O)CN1CCc2sccc2C1)c1ccccc1. The largest absolute Gasteiger partial charge is 0.341 e. The summed E-state index contributed by atoms with van der Waals surface area (Å²) >= 11 is 1.78. The summed E-state index contributed by atoms with van der Waals surface area (Å²) in [6.07, 6.45) is 1.77. The number of benzene rings is 1. The Hall–Kier alpha value is -1.98. The summed E-state index contributed by atoms with van der Waals surface area (Å²) in [5.74, 6) is -0.111. The molecule has 0 spiro atoms. The van der Waals surface area contributed by atoms with Gasteiger partial charge in [-0.25, -0.2) is 0 Å². The van der Waals surface area contributed by atoms with Crippen molar-refractivity contribution in [2.45, 2.75) is 19.0 Å². The number of fused-ring (bicyclic) bond motifs is 1. The monoisotopic (exact) mass is 314 g/mol. The minimum atomic E-state index is -0.574. The van der Waals surface area contributed by atoms with Gasteiger partial charge in [0.1, 0.15) is 12.3 Å². The van der Waals surface area contributed by atoms with E-state index in [0.29, 0.717) is 6.54 Å². The van der Waals surface area contributed by atoms with E-state index in [1.807, 2.05) is 30.3 Å². The van der Waals surface area contributed by atoms with E-state index in [2.05, 4.69) is 21.7 Å². The van der Waals surface area contributed by atoms with Gasteiger partial charge in [0.05, 0.1) is 6.54 Å². The summed E-state index contributed by atoms with van der Waals surface area (Å²) in [5, 5.41) is 4.91. The number of hydrogen-bond donors (Lipinski definition) is 1. The van der Waals surface area contributed by atoms with Crippen molar-refractivity contribution >= 4 is 23.5 Å². The molecular weight excluding hydrogens is 296 g/mol. The van der Waals surface area contributed by atoms with E-state index in [4.69, 9.17) is 0 Å². The summed E-state index contributed by atoms with van der Waals surface area (Å²) in [7, 11) is 0. The molecule has 22 heavy (non-hydrogen) atoms. The van der Waals surface area contributed by atoms with E-state index >= 15 is 0 Å². The second kappa shape index (κ2) is 6.85. The Bertz CT molecular complexity index is 654. The zero-order chi connectivity index (χ0) is 15.4. The first-order chi connectivity index (χ1) is 10.8. The fourth-order valence-electron chi connectivity index (χ4n) is 2.72. The lowest BCUT2D eigenvalue weighted by Gasteiger charge is -2.26. The Morgan fingerprint density at radius 2 is 2.14 bits per heavy atom. The third-order valence-electron chi connectivity index (χ3n) is 3.87. The van der Waals surface area contributed by atoms with Gasteiger partial charge in [-0.15, -0.1) is 11.3 Å². The quantitative estimate of drug-likeness (QED) is 0.861. The van der Waals surface area contributed by atoms with Crippen LogP contribution in [0.3, 0.4) is 0 Å². The minimum Gasteiger partial charge on any atom is -0.341 e. The van der Waals surface area contributed by atoms with Gasteiger partial charge in [-0.3, -0.25) is 9.69 Å². The maximum Gasteiger partial charge on any atom is 0.235 e. The maximum absolute atomic E-state index is 12.2. The first kappa shape index (κ1) is 14.9. The maximum atomic E-state index is 12.2. The molecule has 0 saturated carbocycles. The number of hydrogen-bond acceptors (Lipinski definition) is 4. The van der Waals surface area contributed by atoms with E-state index < -0.39 is 6.04 Å². The third-order valence-corrected chi connectivity index (χ3v) is 4.89. The van der Waals surface area contributed by atoms with Gasteiger partial charge in [0.25, 0.3) is 0 Å². The fraction of sp³-hybridized carbons (Fsp3) is 0.294. The predicted molar refractivity (Wildman–Crippen MR) is 86.7 cm³/mol. The van der Waals surface area contributed by atoms with Crippen LogP contribution in [0.1, 0.15) is 22.0 Å². The number of carbonyl (C=O) groups excluding carboxylic acids is 2. The summed E-state index contributed by atoms with van der Waals surface area (Å²) in [6, 6.07) is 10.9. The Labute approximate surface area is 133 Å². The van der Waals surface area contributed by atoms with Crippen molar-refractivity contribution in [3.05, 3.63) is 57.8 Å². The molecule has 1 atom stereocenters. The van der Waals surface area contributed by atoms with Gasteiger partial charge in [0.15, 0.2) is 0 Å². The lowest BCUT2D eigenvalue weighted by Crippen LogP contribution is -2.41. The van der Waals surface area contributed by atoms with Crippen LogP contribution in [0.4, 0.5) is 0 Å². The molecule has 1 aliphatic heterocycles. The van der Waals surface area contributed by atoms with Crippen molar-refractivity contribution in [2.24, 2.45) is 0 Å². The van der Waals surface area contributed by atoms with Crippen molar-refractivity contribution in [1.82, 2.24) is 10.2 Å². The predicted octanol–water partition coefficient (Wildman–Crippen LogP) is 2.16. The molecule has 1 aromatic carbocycles. The Morgan fingerprint density at radius 1 is 1.32 bits per heavy atom. The summed E-state index contributed by atoms with van der Waals surface area (Å²) in [6.45, 7) is 2.02. The van der Waals surface area contributed by atoms with E-state index in [1.54, 1.807) is 11.3 Å². The van der Waals surface area contributed by atoms with Gasteiger partial charge in [-0.2, -0.15) is 0 Å². The Kier molecular flexibility index (Phi) is 4.65. The summed E-state index contributed by atoms with van der Waals surface area (Å²) < 4.78 is 0. The molecule has 3 rings (SSSR count). The highest BCUT2D eigenvalue weighted by Gasteiger charge is 2.20. The topological polar surface area (TPSA) is 49.4 Å². The molecule has 0 saturated heterocycles. The number of amides is 1. The number of nitrogens with one attached hydrogen (secondary N) is 1. The molecular formula is C17H18N2O2S. The molecule has 4 nitrogen and oxygen atoms in total. The molecule has 2 heterocycles. The van der Waals surface area contributed by atoms with Gasteiger partial charge in [0, 0.05) is 18.0 Å². The van der Waals surface area contributed by atoms with Crippen molar-refractivity contribution in [3.8, 4) is 0 Å². The van der Waals surface area contributed by atoms with Crippen LogP contribution in [-0.2, 0) is 22.6 Å². The lowest BCUT2D eigenvalue weighted by atomic mass is 10.1. The number of nitrogens with zero attached hydrogens (tertiary/aromatic N) is 1. The van der Waals surface area contributed by atoms with Crippen molar-refractivity contribution in [1.29, 1.82) is 0 Å². The molecule has 114 valence electrons. The number of rotatable bonds is 5. The molecule has 1 aliphatic rings. The molecule has 0 fully saturated rings. The van der Waals surface area contributed by atoms with Crippen LogP contribution in [0.25, 0.3) is 0 Å². The molecule has 1 unspecified atom stereocenters.